The molecule has 0 spiro atoms. The second-order valence-electron chi connectivity index (χ2n) is 4.75. The summed E-state index contributed by atoms with van der Waals surface area (Å²) < 4.78 is 1.76. The Labute approximate surface area is 100 Å². The van der Waals surface area contributed by atoms with Gasteiger partial charge in [-0.15, -0.1) is 0 Å². The van der Waals surface area contributed by atoms with E-state index in [0.717, 1.165) is 24.6 Å². The highest BCUT2D eigenvalue weighted by atomic mass is 16.4. The number of carboxylic acid groups (broad SMARTS) is 1. The predicted octanol–water partition coefficient (Wildman–Crippen LogP) is 0.0292. The van der Waals surface area contributed by atoms with Crippen LogP contribution in [0.4, 0.5) is 0 Å². The van der Waals surface area contributed by atoms with Gasteiger partial charge in [-0.05, 0) is 20.5 Å². The van der Waals surface area contributed by atoms with E-state index in [4.69, 9.17) is 5.11 Å². The molecule has 1 aliphatic rings. The lowest BCUT2D eigenvalue weighted by molar-refractivity contribution is -0.142. The van der Waals surface area contributed by atoms with Gasteiger partial charge in [-0.3, -0.25) is 4.79 Å². The number of hydrogen-bond acceptors (Lipinski definition) is 4. The maximum absolute atomic E-state index is 10.9. The fraction of sp³-hybridized carbons (Fsp3) is 0.727. The van der Waals surface area contributed by atoms with E-state index in [2.05, 4.69) is 15.0 Å². The molecule has 1 N–H and O–H groups in total. The molecule has 1 aliphatic heterocycles. The molecule has 1 aromatic heterocycles. The third-order valence-corrected chi connectivity index (χ3v) is 3.03. The van der Waals surface area contributed by atoms with Crippen molar-refractivity contribution in [1.82, 2.24) is 19.7 Å². The molecule has 0 saturated carbocycles. The molecule has 0 bridgehead atoms. The molecule has 6 heteroatoms. The van der Waals surface area contributed by atoms with Crippen LogP contribution in [0.5, 0.6) is 0 Å². The molecular formula is C11H18N4O2. The number of likely N-dealkylation sites (N-methyl/N-ethyl adjacent to an activating group) is 1. The number of aliphatic carboxylic acids is 1. The molecule has 1 unspecified atom stereocenters. The summed E-state index contributed by atoms with van der Waals surface area (Å²) in [5, 5.41) is 13.3. The smallest absolute Gasteiger partial charge is 0.308 e. The van der Waals surface area contributed by atoms with Crippen molar-refractivity contribution in [3.05, 3.63) is 11.6 Å². The molecule has 17 heavy (non-hydrogen) atoms. The van der Waals surface area contributed by atoms with E-state index in [1.807, 2.05) is 14.1 Å². The lowest BCUT2D eigenvalue weighted by atomic mass is 10.0. The van der Waals surface area contributed by atoms with Gasteiger partial charge < -0.3 is 10.0 Å². The van der Waals surface area contributed by atoms with E-state index in [1.54, 1.807) is 4.68 Å². The van der Waals surface area contributed by atoms with Crippen LogP contribution >= 0.6 is 0 Å². The van der Waals surface area contributed by atoms with Crippen molar-refractivity contribution in [1.29, 1.82) is 0 Å². The fourth-order valence-electron chi connectivity index (χ4n) is 1.99. The van der Waals surface area contributed by atoms with Crippen LogP contribution in [0.2, 0.25) is 0 Å². The van der Waals surface area contributed by atoms with E-state index in [-0.39, 0.29) is 5.92 Å². The number of aryl methyl sites for hydroxylation is 1. The highest BCUT2D eigenvalue weighted by Gasteiger charge is 2.26. The molecule has 94 valence electrons. The molecule has 0 fully saturated rings. The predicted molar refractivity (Wildman–Crippen MR) is 61.7 cm³/mol. The van der Waals surface area contributed by atoms with Gasteiger partial charge in [0.25, 0.3) is 0 Å². The van der Waals surface area contributed by atoms with Crippen LogP contribution in [0.3, 0.4) is 0 Å². The van der Waals surface area contributed by atoms with E-state index in [9.17, 15) is 4.79 Å². The van der Waals surface area contributed by atoms with Gasteiger partial charge in [-0.2, -0.15) is 5.10 Å². The van der Waals surface area contributed by atoms with Gasteiger partial charge in [0.2, 0.25) is 0 Å². The van der Waals surface area contributed by atoms with Gasteiger partial charge in [0.15, 0.2) is 5.82 Å². The molecule has 0 aromatic carbocycles. The van der Waals surface area contributed by atoms with Gasteiger partial charge in [0.1, 0.15) is 5.82 Å². The second kappa shape index (κ2) is 4.83. The van der Waals surface area contributed by atoms with Gasteiger partial charge in [0.05, 0.1) is 12.5 Å². The first kappa shape index (κ1) is 12.0. The Balaban J connectivity index is 2.04. The lowest BCUT2D eigenvalue weighted by Gasteiger charge is -2.18. The minimum Gasteiger partial charge on any atom is -0.481 e. The Kier molecular flexibility index (Phi) is 3.42. The van der Waals surface area contributed by atoms with Crippen molar-refractivity contribution in [2.75, 3.05) is 20.6 Å². The average Bonchev–Trinajstić information content (AvgIpc) is 2.67. The quantitative estimate of drug-likeness (QED) is 0.801. The maximum atomic E-state index is 10.9. The highest BCUT2D eigenvalue weighted by Crippen LogP contribution is 2.18. The van der Waals surface area contributed by atoms with Crippen molar-refractivity contribution in [3.8, 4) is 0 Å². The van der Waals surface area contributed by atoms with Gasteiger partial charge >= 0.3 is 5.97 Å². The minimum atomic E-state index is -0.735. The standard InChI is InChI=1S/C11H18N4O2/c1-14(2)6-5-9-12-10-4-3-8(11(16)17)7-15(10)13-9/h8H,3-7H2,1-2H3,(H,16,17). The first-order chi connectivity index (χ1) is 8.06. The zero-order chi connectivity index (χ0) is 12.4. The van der Waals surface area contributed by atoms with Crippen molar-refractivity contribution < 1.29 is 9.90 Å². The molecule has 1 aromatic rings. The van der Waals surface area contributed by atoms with Gasteiger partial charge in [-0.1, -0.05) is 0 Å². The van der Waals surface area contributed by atoms with Crippen molar-refractivity contribution >= 4 is 5.97 Å². The number of fused-ring (bicyclic) bond motifs is 1. The number of nitrogens with zero attached hydrogens (tertiary/aromatic N) is 4. The summed E-state index contributed by atoms with van der Waals surface area (Å²) in [5.41, 5.74) is 0. The van der Waals surface area contributed by atoms with Crippen LogP contribution in [0.15, 0.2) is 0 Å². The lowest BCUT2D eigenvalue weighted by Crippen LogP contribution is -2.27. The summed E-state index contributed by atoms with van der Waals surface area (Å²) in [7, 11) is 4.02. The molecule has 6 nitrogen and oxygen atoms in total. The maximum Gasteiger partial charge on any atom is 0.308 e. The van der Waals surface area contributed by atoms with Crippen LogP contribution < -0.4 is 0 Å². The summed E-state index contributed by atoms with van der Waals surface area (Å²) >= 11 is 0. The third kappa shape index (κ3) is 2.82. The van der Waals surface area contributed by atoms with Crippen LogP contribution in [0, 0.1) is 5.92 Å². The molecule has 2 heterocycles. The Morgan fingerprint density at radius 3 is 3.00 bits per heavy atom. The molecule has 1 atom stereocenters. The minimum absolute atomic E-state index is 0.314. The van der Waals surface area contributed by atoms with Crippen LogP contribution in [0.25, 0.3) is 0 Å². The summed E-state index contributed by atoms with van der Waals surface area (Å²) in [6, 6.07) is 0. The van der Waals surface area contributed by atoms with E-state index >= 15 is 0 Å². The van der Waals surface area contributed by atoms with Crippen LogP contribution in [0.1, 0.15) is 18.1 Å². The molecular weight excluding hydrogens is 220 g/mol. The monoisotopic (exact) mass is 238 g/mol. The second-order valence-corrected chi connectivity index (χ2v) is 4.75. The molecule has 0 amide bonds. The van der Waals surface area contributed by atoms with E-state index in [1.165, 1.54) is 0 Å². The van der Waals surface area contributed by atoms with E-state index in [0.29, 0.717) is 19.4 Å². The number of carbonyl (C=O) groups is 1. The van der Waals surface area contributed by atoms with Gasteiger partial charge in [-0.25, -0.2) is 9.67 Å². The largest absolute Gasteiger partial charge is 0.481 e. The third-order valence-electron chi connectivity index (χ3n) is 3.03. The summed E-state index contributed by atoms with van der Waals surface area (Å²) in [5.74, 6) is 0.697. The normalized spacial score (nSPS) is 19.4. The van der Waals surface area contributed by atoms with Crippen molar-refractivity contribution in [2.45, 2.75) is 25.8 Å². The number of rotatable bonds is 4. The summed E-state index contributed by atoms with van der Waals surface area (Å²) in [6.07, 6.45) is 2.19. The average molecular weight is 238 g/mol. The summed E-state index contributed by atoms with van der Waals surface area (Å²) in [4.78, 5) is 17.4. The van der Waals surface area contributed by atoms with Crippen molar-refractivity contribution in [2.24, 2.45) is 5.92 Å². The zero-order valence-corrected chi connectivity index (χ0v) is 10.3. The number of hydrogen-bond donors (Lipinski definition) is 1. The van der Waals surface area contributed by atoms with Crippen molar-refractivity contribution in [3.63, 3.8) is 0 Å². The highest BCUT2D eigenvalue weighted by molar-refractivity contribution is 5.70. The molecule has 2 rings (SSSR count). The topological polar surface area (TPSA) is 71.2 Å². The van der Waals surface area contributed by atoms with E-state index < -0.39 is 5.97 Å². The first-order valence-electron chi connectivity index (χ1n) is 5.86. The van der Waals surface area contributed by atoms with Gasteiger partial charge in [0, 0.05) is 19.4 Å². The van der Waals surface area contributed by atoms with Crippen LogP contribution in [-0.4, -0.2) is 51.4 Å². The Morgan fingerprint density at radius 2 is 2.35 bits per heavy atom. The zero-order valence-electron chi connectivity index (χ0n) is 10.3. The van der Waals surface area contributed by atoms with Crippen LogP contribution in [-0.2, 0) is 24.2 Å². The Hall–Kier alpha value is -1.43. The SMILES string of the molecule is CN(C)CCc1nc2n(n1)CC(C(=O)O)CC2. The fourth-order valence-corrected chi connectivity index (χ4v) is 1.99. The number of aromatic nitrogens is 3. The molecule has 0 radical (unpaired) electrons. The summed E-state index contributed by atoms with van der Waals surface area (Å²) in [6.45, 7) is 1.37. The molecule has 0 saturated heterocycles. The number of carboxylic acids is 1. The Bertz CT molecular complexity index is 414. The molecule has 0 aliphatic carbocycles. The Morgan fingerprint density at radius 1 is 1.59 bits per heavy atom. The first-order valence-corrected chi connectivity index (χ1v) is 5.86.